The lowest BCUT2D eigenvalue weighted by molar-refractivity contribution is -0.140. The number of anilines is 1. The standard InChI is InChI=1S/C17H24N2O6S.ClH/c1-4-25-15(20)12-9-13(11-14(10-12)26(3,22)23)19-16(21)17(24-2)5-7-18-8-6-17;/h9-11,18H,4-8H2,1-3H3,(H,19,21);1H. The zero-order valence-corrected chi connectivity index (χ0v) is 17.2. The Morgan fingerprint density at radius 3 is 2.37 bits per heavy atom. The second kappa shape index (κ2) is 9.50. The molecule has 0 spiro atoms. The van der Waals surface area contributed by atoms with E-state index >= 15 is 0 Å². The van der Waals surface area contributed by atoms with E-state index in [0.717, 1.165) is 6.26 Å². The molecular formula is C17H25ClN2O6S. The number of sulfone groups is 1. The first-order chi connectivity index (χ1) is 12.2. The van der Waals surface area contributed by atoms with E-state index in [4.69, 9.17) is 9.47 Å². The summed E-state index contributed by atoms with van der Waals surface area (Å²) in [6.07, 6.45) is 2.02. The number of benzene rings is 1. The van der Waals surface area contributed by atoms with Crippen molar-refractivity contribution in [3.8, 4) is 0 Å². The quantitative estimate of drug-likeness (QED) is 0.669. The number of hydrogen-bond donors (Lipinski definition) is 2. The number of methoxy groups -OCH3 is 1. The summed E-state index contributed by atoms with van der Waals surface area (Å²) in [5.74, 6) is -1.03. The number of nitrogens with one attached hydrogen (secondary N) is 2. The Labute approximate surface area is 165 Å². The van der Waals surface area contributed by atoms with Crippen LogP contribution in [0.1, 0.15) is 30.1 Å². The van der Waals surface area contributed by atoms with Crippen LogP contribution in [0.15, 0.2) is 23.1 Å². The first-order valence-electron chi connectivity index (χ1n) is 8.31. The molecule has 0 aromatic heterocycles. The van der Waals surface area contributed by atoms with Crippen molar-refractivity contribution >= 4 is 39.8 Å². The molecule has 1 saturated heterocycles. The van der Waals surface area contributed by atoms with Gasteiger partial charge in [-0.1, -0.05) is 0 Å². The molecule has 0 radical (unpaired) electrons. The molecule has 0 aliphatic carbocycles. The number of hydrogen-bond acceptors (Lipinski definition) is 7. The molecule has 1 aliphatic rings. The number of amides is 1. The van der Waals surface area contributed by atoms with Crippen LogP contribution in [0.3, 0.4) is 0 Å². The summed E-state index contributed by atoms with van der Waals surface area (Å²) in [6, 6.07) is 3.95. The third-order valence-corrected chi connectivity index (χ3v) is 5.41. The lowest BCUT2D eigenvalue weighted by atomic mass is 9.91. The third-order valence-electron chi connectivity index (χ3n) is 4.32. The number of esters is 1. The van der Waals surface area contributed by atoms with Gasteiger partial charge in [-0.2, -0.15) is 0 Å². The Hall–Kier alpha value is -1.68. The van der Waals surface area contributed by atoms with Gasteiger partial charge in [0.25, 0.3) is 5.91 Å². The monoisotopic (exact) mass is 420 g/mol. The molecule has 2 N–H and O–H groups in total. The van der Waals surface area contributed by atoms with Crippen molar-refractivity contribution in [3.05, 3.63) is 23.8 Å². The molecule has 1 amide bonds. The predicted octanol–water partition coefficient (Wildman–Crippen LogP) is 1.40. The predicted molar refractivity (Wildman–Crippen MR) is 103 cm³/mol. The van der Waals surface area contributed by atoms with Crippen molar-refractivity contribution < 1.29 is 27.5 Å². The summed E-state index contributed by atoms with van der Waals surface area (Å²) in [5, 5.41) is 5.85. The SMILES string of the molecule is CCOC(=O)c1cc(NC(=O)C2(OC)CCNCC2)cc(S(C)(=O)=O)c1.Cl. The van der Waals surface area contributed by atoms with Gasteiger partial charge in [0.05, 0.1) is 17.1 Å². The normalized spacial score (nSPS) is 16.1. The maximum Gasteiger partial charge on any atom is 0.338 e. The van der Waals surface area contributed by atoms with Crippen LogP contribution in [-0.2, 0) is 24.1 Å². The van der Waals surface area contributed by atoms with Crippen molar-refractivity contribution in [2.75, 3.05) is 38.4 Å². The zero-order chi connectivity index (χ0) is 19.4. The van der Waals surface area contributed by atoms with Gasteiger partial charge in [0, 0.05) is 19.1 Å². The van der Waals surface area contributed by atoms with Crippen LogP contribution in [0.5, 0.6) is 0 Å². The molecule has 27 heavy (non-hydrogen) atoms. The fraction of sp³-hybridized carbons (Fsp3) is 0.529. The Kier molecular flexibility index (Phi) is 8.22. The Morgan fingerprint density at radius 2 is 1.85 bits per heavy atom. The van der Waals surface area contributed by atoms with E-state index < -0.39 is 21.4 Å². The molecule has 1 aromatic carbocycles. The van der Waals surface area contributed by atoms with Gasteiger partial charge in [-0.25, -0.2) is 13.2 Å². The van der Waals surface area contributed by atoms with Crippen LogP contribution in [0.2, 0.25) is 0 Å². The molecule has 8 nitrogen and oxygen atoms in total. The highest BCUT2D eigenvalue weighted by molar-refractivity contribution is 7.90. The summed E-state index contributed by atoms with van der Waals surface area (Å²) in [5.41, 5.74) is -0.728. The minimum absolute atomic E-state index is 0. The second-order valence-electron chi connectivity index (χ2n) is 6.14. The van der Waals surface area contributed by atoms with Gasteiger partial charge in [-0.05, 0) is 51.1 Å². The Bertz CT molecular complexity index is 791. The number of piperidine rings is 1. The lowest BCUT2D eigenvalue weighted by Crippen LogP contribution is -2.51. The molecule has 2 rings (SSSR count). The highest BCUT2D eigenvalue weighted by Crippen LogP contribution is 2.26. The average Bonchev–Trinajstić information content (AvgIpc) is 2.61. The van der Waals surface area contributed by atoms with E-state index in [-0.39, 0.29) is 41.1 Å². The summed E-state index contributed by atoms with van der Waals surface area (Å²) < 4.78 is 34.3. The molecule has 0 unspecified atom stereocenters. The van der Waals surface area contributed by atoms with E-state index in [0.29, 0.717) is 25.9 Å². The molecule has 0 saturated carbocycles. The van der Waals surface area contributed by atoms with Crippen molar-refractivity contribution in [1.82, 2.24) is 5.32 Å². The molecule has 1 aliphatic heterocycles. The molecule has 1 aromatic rings. The number of ether oxygens (including phenoxy) is 2. The van der Waals surface area contributed by atoms with Gasteiger partial charge in [0.1, 0.15) is 5.60 Å². The van der Waals surface area contributed by atoms with Gasteiger partial charge in [0.15, 0.2) is 9.84 Å². The van der Waals surface area contributed by atoms with Crippen LogP contribution >= 0.6 is 12.4 Å². The van der Waals surface area contributed by atoms with Crippen molar-refractivity contribution in [3.63, 3.8) is 0 Å². The summed E-state index contributed by atoms with van der Waals surface area (Å²) in [7, 11) is -2.10. The first-order valence-corrected chi connectivity index (χ1v) is 10.2. The van der Waals surface area contributed by atoms with E-state index in [1.54, 1.807) is 6.92 Å². The smallest absolute Gasteiger partial charge is 0.338 e. The van der Waals surface area contributed by atoms with E-state index in [2.05, 4.69) is 10.6 Å². The highest BCUT2D eigenvalue weighted by Gasteiger charge is 2.39. The fourth-order valence-electron chi connectivity index (χ4n) is 2.82. The molecule has 1 fully saturated rings. The van der Waals surface area contributed by atoms with E-state index in [1.165, 1.54) is 25.3 Å². The van der Waals surface area contributed by atoms with E-state index in [1.807, 2.05) is 0 Å². The largest absolute Gasteiger partial charge is 0.462 e. The van der Waals surface area contributed by atoms with Gasteiger partial charge in [-0.3, -0.25) is 4.79 Å². The topological polar surface area (TPSA) is 111 Å². The second-order valence-corrected chi connectivity index (χ2v) is 8.16. The van der Waals surface area contributed by atoms with Crippen LogP contribution in [-0.4, -0.2) is 59.0 Å². The molecule has 10 heteroatoms. The van der Waals surface area contributed by atoms with Crippen molar-refractivity contribution in [2.45, 2.75) is 30.3 Å². The number of halogens is 1. The zero-order valence-electron chi connectivity index (χ0n) is 15.5. The van der Waals surface area contributed by atoms with Gasteiger partial charge in [-0.15, -0.1) is 12.4 Å². The van der Waals surface area contributed by atoms with Crippen LogP contribution in [0.25, 0.3) is 0 Å². The minimum Gasteiger partial charge on any atom is -0.462 e. The Balaban J connectivity index is 0.00000364. The molecule has 152 valence electrons. The highest BCUT2D eigenvalue weighted by atomic mass is 35.5. The van der Waals surface area contributed by atoms with Crippen LogP contribution in [0.4, 0.5) is 5.69 Å². The summed E-state index contributed by atoms with van der Waals surface area (Å²) >= 11 is 0. The lowest BCUT2D eigenvalue weighted by Gasteiger charge is -2.34. The molecule has 1 heterocycles. The summed E-state index contributed by atoms with van der Waals surface area (Å²) in [6.45, 7) is 3.08. The van der Waals surface area contributed by atoms with Gasteiger partial charge >= 0.3 is 5.97 Å². The summed E-state index contributed by atoms with van der Waals surface area (Å²) in [4.78, 5) is 24.7. The first kappa shape index (κ1) is 23.4. The van der Waals surface area contributed by atoms with Gasteiger partial charge < -0.3 is 20.1 Å². The van der Waals surface area contributed by atoms with Crippen molar-refractivity contribution in [2.24, 2.45) is 0 Å². The third kappa shape index (κ3) is 5.65. The van der Waals surface area contributed by atoms with Crippen LogP contribution < -0.4 is 10.6 Å². The molecular weight excluding hydrogens is 396 g/mol. The number of carbonyl (C=O) groups is 2. The maximum absolute atomic E-state index is 12.8. The fourth-order valence-corrected chi connectivity index (χ4v) is 3.50. The molecule has 0 bridgehead atoms. The maximum atomic E-state index is 12.8. The average molecular weight is 421 g/mol. The minimum atomic E-state index is -3.58. The van der Waals surface area contributed by atoms with Crippen molar-refractivity contribution in [1.29, 1.82) is 0 Å². The molecule has 0 atom stereocenters. The van der Waals surface area contributed by atoms with Crippen LogP contribution in [0, 0.1) is 0 Å². The Morgan fingerprint density at radius 1 is 1.22 bits per heavy atom. The van der Waals surface area contributed by atoms with E-state index in [9.17, 15) is 18.0 Å². The number of carbonyl (C=O) groups excluding carboxylic acids is 2. The number of rotatable bonds is 6. The van der Waals surface area contributed by atoms with Gasteiger partial charge in [0.2, 0.25) is 0 Å².